The molecule has 0 aromatic rings. The SMILES string of the molecule is C=C.CCCCCCCCC(C)CCCCCCCC.CCCCCCCCCCC(=O)CCCNCCCCCCCC. The Hall–Kier alpha value is -0.630. The summed E-state index contributed by atoms with van der Waals surface area (Å²) in [6, 6.07) is 0. The lowest BCUT2D eigenvalue weighted by molar-refractivity contribution is -0.119. The van der Waals surface area contributed by atoms with Gasteiger partial charge in [-0.1, -0.05) is 202 Å². The van der Waals surface area contributed by atoms with E-state index in [4.69, 9.17) is 0 Å². The first-order valence-corrected chi connectivity index (χ1v) is 20.3. The summed E-state index contributed by atoms with van der Waals surface area (Å²) in [6.45, 7) is 19.7. The molecule has 0 aromatic carbocycles. The fourth-order valence-electron chi connectivity index (χ4n) is 5.84. The van der Waals surface area contributed by atoms with Crippen LogP contribution < -0.4 is 5.32 Å². The lowest BCUT2D eigenvalue weighted by atomic mass is 9.96. The highest BCUT2D eigenvalue weighted by molar-refractivity contribution is 5.78. The van der Waals surface area contributed by atoms with Crippen molar-refractivity contribution in [3.63, 3.8) is 0 Å². The highest BCUT2D eigenvalue weighted by Gasteiger charge is 2.03. The van der Waals surface area contributed by atoms with E-state index in [1.807, 2.05) is 0 Å². The van der Waals surface area contributed by atoms with Crippen molar-refractivity contribution in [3.05, 3.63) is 13.2 Å². The van der Waals surface area contributed by atoms with Gasteiger partial charge in [0.2, 0.25) is 0 Å². The summed E-state index contributed by atoms with van der Waals surface area (Å²) < 4.78 is 0. The highest BCUT2D eigenvalue weighted by atomic mass is 16.1. The number of carbonyl (C=O) groups excluding carboxylic acids is 1. The minimum atomic E-state index is 0.474. The van der Waals surface area contributed by atoms with Crippen LogP contribution in [0, 0.1) is 5.92 Å². The number of Topliss-reactive ketones (excluding diaryl/α,β-unsaturated/α-hetero) is 1. The molecule has 2 nitrogen and oxygen atoms in total. The first kappa shape index (κ1) is 47.8. The molecule has 0 fully saturated rings. The van der Waals surface area contributed by atoms with Crippen LogP contribution in [0.5, 0.6) is 0 Å². The van der Waals surface area contributed by atoms with Gasteiger partial charge in [-0.2, -0.15) is 0 Å². The molecule has 0 aromatic heterocycles. The van der Waals surface area contributed by atoms with Crippen LogP contribution in [0.4, 0.5) is 0 Å². The molecule has 0 unspecified atom stereocenters. The van der Waals surface area contributed by atoms with E-state index in [-0.39, 0.29) is 0 Å². The maximum atomic E-state index is 11.8. The van der Waals surface area contributed by atoms with E-state index in [0.29, 0.717) is 5.78 Å². The molecule has 0 amide bonds. The van der Waals surface area contributed by atoms with Crippen LogP contribution in [0.2, 0.25) is 0 Å². The Balaban J connectivity index is -0.000000749. The molecular formula is C42H87NO. The molecule has 266 valence electrons. The molecule has 44 heavy (non-hydrogen) atoms. The third kappa shape index (κ3) is 48.3. The van der Waals surface area contributed by atoms with Crippen molar-refractivity contribution in [2.45, 2.75) is 234 Å². The van der Waals surface area contributed by atoms with Gasteiger partial charge in [0.15, 0.2) is 0 Å². The fourth-order valence-corrected chi connectivity index (χ4v) is 5.84. The second-order valence-corrected chi connectivity index (χ2v) is 13.6. The topological polar surface area (TPSA) is 29.1 Å². The highest BCUT2D eigenvalue weighted by Crippen LogP contribution is 2.18. The minimum Gasteiger partial charge on any atom is -0.317 e. The van der Waals surface area contributed by atoms with Crippen molar-refractivity contribution in [3.8, 4) is 0 Å². The van der Waals surface area contributed by atoms with E-state index >= 15 is 0 Å². The van der Waals surface area contributed by atoms with E-state index in [0.717, 1.165) is 44.7 Å². The Bertz CT molecular complexity index is 474. The molecule has 2 heteroatoms. The van der Waals surface area contributed by atoms with Crippen LogP contribution >= 0.6 is 0 Å². The summed E-state index contributed by atoms with van der Waals surface area (Å²) >= 11 is 0. The minimum absolute atomic E-state index is 0.474. The van der Waals surface area contributed by atoms with Gasteiger partial charge in [-0.15, -0.1) is 13.2 Å². The number of carbonyl (C=O) groups is 1. The molecule has 0 atom stereocenters. The molecule has 0 radical (unpaired) electrons. The first-order valence-electron chi connectivity index (χ1n) is 20.3. The monoisotopic (exact) mass is 622 g/mol. The summed E-state index contributed by atoms with van der Waals surface area (Å²) in [6.07, 6.45) is 41.5. The number of unbranched alkanes of at least 4 members (excludes halogenated alkanes) is 22. The molecule has 0 aliphatic carbocycles. The summed E-state index contributed by atoms with van der Waals surface area (Å²) in [7, 11) is 0. The lowest BCUT2D eigenvalue weighted by Crippen LogP contribution is -2.17. The van der Waals surface area contributed by atoms with Crippen molar-refractivity contribution in [1.29, 1.82) is 0 Å². The Kier molecular flexibility index (Phi) is 50.8. The molecule has 0 aliphatic rings. The predicted octanol–water partition coefficient (Wildman–Crippen LogP) is 14.7. The summed E-state index contributed by atoms with van der Waals surface area (Å²) in [5, 5.41) is 3.48. The van der Waals surface area contributed by atoms with Gasteiger partial charge < -0.3 is 5.32 Å². The van der Waals surface area contributed by atoms with Crippen LogP contribution in [0.3, 0.4) is 0 Å². The van der Waals surface area contributed by atoms with Crippen LogP contribution in [0.15, 0.2) is 13.2 Å². The Morgan fingerprint density at radius 2 is 0.727 bits per heavy atom. The maximum absolute atomic E-state index is 11.8. The van der Waals surface area contributed by atoms with E-state index in [1.165, 1.54) is 173 Å². The Morgan fingerprint density at radius 1 is 0.432 bits per heavy atom. The first-order chi connectivity index (χ1) is 21.6. The smallest absolute Gasteiger partial charge is 0.132 e. The number of ketones is 1. The van der Waals surface area contributed by atoms with Gasteiger partial charge in [0, 0.05) is 12.8 Å². The van der Waals surface area contributed by atoms with Crippen molar-refractivity contribution >= 4 is 5.78 Å². The summed E-state index contributed by atoms with van der Waals surface area (Å²) in [5.41, 5.74) is 0. The largest absolute Gasteiger partial charge is 0.317 e. The van der Waals surface area contributed by atoms with Crippen LogP contribution in [0.1, 0.15) is 234 Å². The van der Waals surface area contributed by atoms with Crippen molar-refractivity contribution in [2.75, 3.05) is 13.1 Å². The number of hydrogen-bond donors (Lipinski definition) is 1. The number of hydrogen-bond acceptors (Lipinski definition) is 2. The van der Waals surface area contributed by atoms with Gasteiger partial charge in [-0.3, -0.25) is 4.79 Å². The van der Waals surface area contributed by atoms with Crippen LogP contribution in [-0.2, 0) is 4.79 Å². The molecule has 0 rings (SSSR count). The second-order valence-electron chi connectivity index (χ2n) is 13.6. The zero-order valence-corrected chi connectivity index (χ0v) is 31.7. The molecule has 1 N–H and O–H groups in total. The molecule has 0 aliphatic heterocycles. The molecule has 0 bridgehead atoms. The van der Waals surface area contributed by atoms with Crippen molar-refractivity contribution in [2.24, 2.45) is 5.92 Å². The zero-order chi connectivity index (χ0) is 33.2. The van der Waals surface area contributed by atoms with Crippen molar-refractivity contribution in [1.82, 2.24) is 5.32 Å². The van der Waals surface area contributed by atoms with Gasteiger partial charge in [0.05, 0.1) is 0 Å². The molecule has 0 spiro atoms. The second kappa shape index (κ2) is 46.8. The third-order valence-electron chi connectivity index (χ3n) is 8.93. The zero-order valence-electron chi connectivity index (χ0n) is 31.7. The molecular weight excluding hydrogens is 534 g/mol. The Morgan fingerprint density at radius 3 is 1.14 bits per heavy atom. The number of rotatable bonds is 34. The van der Waals surface area contributed by atoms with Gasteiger partial charge in [0.25, 0.3) is 0 Å². The predicted molar refractivity (Wildman–Crippen MR) is 204 cm³/mol. The molecule has 0 saturated carbocycles. The van der Waals surface area contributed by atoms with Crippen LogP contribution in [0.25, 0.3) is 0 Å². The lowest BCUT2D eigenvalue weighted by Gasteiger charge is -2.10. The van der Waals surface area contributed by atoms with E-state index in [1.54, 1.807) is 0 Å². The van der Waals surface area contributed by atoms with Gasteiger partial charge in [-0.25, -0.2) is 0 Å². The van der Waals surface area contributed by atoms with Gasteiger partial charge >= 0.3 is 0 Å². The van der Waals surface area contributed by atoms with Gasteiger partial charge in [0.1, 0.15) is 5.78 Å². The average Bonchev–Trinajstić information content (AvgIpc) is 3.04. The van der Waals surface area contributed by atoms with E-state index < -0.39 is 0 Å². The maximum Gasteiger partial charge on any atom is 0.132 e. The standard InChI is InChI=1S/C22H45NO.C18H38.C2H4/c1-3-5-7-9-11-12-13-15-18-22(24)19-17-21-23-20-16-14-10-8-6-4-2;1-4-6-8-10-12-14-16-18(3)17-15-13-11-9-7-5-2;1-2/h23H,3-21H2,1-2H3;18H,4-17H2,1-3H3;1-2H2. The number of nitrogens with one attached hydrogen (secondary N) is 1. The van der Waals surface area contributed by atoms with Crippen LogP contribution in [-0.4, -0.2) is 18.9 Å². The normalized spacial score (nSPS) is 10.8. The molecule has 0 saturated heterocycles. The molecule has 0 heterocycles. The summed E-state index contributed by atoms with van der Waals surface area (Å²) in [4.78, 5) is 11.8. The van der Waals surface area contributed by atoms with E-state index in [9.17, 15) is 4.79 Å². The fraction of sp³-hybridized carbons (Fsp3) is 0.929. The van der Waals surface area contributed by atoms with Crippen molar-refractivity contribution < 1.29 is 4.79 Å². The Labute approximate surface area is 281 Å². The van der Waals surface area contributed by atoms with E-state index in [2.05, 4.69) is 53.1 Å². The third-order valence-corrected chi connectivity index (χ3v) is 8.93. The van der Waals surface area contributed by atoms with Gasteiger partial charge in [-0.05, 0) is 38.3 Å². The quantitative estimate of drug-likeness (QED) is 0.0572. The summed E-state index contributed by atoms with van der Waals surface area (Å²) in [5.74, 6) is 1.45. The average molecular weight is 622 g/mol.